The zero-order valence-corrected chi connectivity index (χ0v) is 22.7. The summed E-state index contributed by atoms with van der Waals surface area (Å²) in [6, 6.07) is 19.3. The van der Waals surface area contributed by atoms with Crippen LogP contribution in [0.3, 0.4) is 0 Å². The summed E-state index contributed by atoms with van der Waals surface area (Å²) in [4.78, 5) is 38.4. The molecule has 0 unspecified atom stereocenters. The van der Waals surface area contributed by atoms with E-state index in [0.29, 0.717) is 41.3 Å². The molecule has 2 aromatic heterocycles. The molecule has 0 atom stereocenters. The van der Waals surface area contributed by atoms with Crippen molar-refractivity contribution in [3.05, 3.63) is 108 Å². The number of esters is 2. The van der Waals surface area contributed by atoms with E-state index in [1.165, 1.54) is 31.9 Å². The van der Waals surface area contributed by atoms with E-state index in [9.17, 15) is 9.59 Å². The first-order valence-corrected chi connectivity index (χ1v) is 12.6. The number of nitrogens with one attached hydrogen (secondary N) is 1. The highest BCUT2D eigenvalue weighted by Crippen LogP contribution is 2.07. The monoisotopic (exact) mass is 580 g/mol. The standard InChI is InChI=1S/C13H13N3O2.C8H9BrN2O2.C6H7N/c1-18-13(17)10-7-15-12(16-8-10)9-14-11-5-3-2-4-6-11;1-2-13-8(12)6-4-10-7(3-9)11-5-6;7-6-4-2-1-3-5-6/h2-8,14H,9H2,1H3;4-5H,2-3H2,1H3;1-5H,7H2. The summed E-state index contributed by atoms with van der Waals surface area (Å²) < 4.78 is 9.34. The lowest BCUT2D eigenvalue weighted by atomic mass is 10.3. The number of nitrogen functional groups attached to an aromatic ring is 1. The van der Waals surface area contributed by atoms with Crippen molar-refractivity contribution in [1.82, 2.24) is 19.9 Å². The Morgan fingerprint density at radius 2 is 1.32 bits per heavy atom. The average molecular weight is 581 g/mol. The molecule has 3 N–H and O–H groups in total. The van der Waals surface area contributed by atoms with Gasteiger partial charge >= 0.3 is 11.9 Å². The van der Waals surface area contributed by atoms with E-state index < -0.39 is 5.97 Å². The topological polar surface area (TPSA) is 142 Å². The van der Waals surface area contributed by atoms with Crippen LogP contribution >= 0.6 is 15.9 Å². The molecule has 0 saturated carbocycles. The van der Waals surface area contributed by atoms with Gasteiger partial charge in [0.25, 0.3) is 0 Å². The van der Waals surface area contributed by atoms with Gasteiger partial charge in [-0.3, -0.25) is 0 Å². The van der Waals surface area contributed by atoms with Crippen molar-refractivity contribution in [2.75, 3.05) is 24.8 Å². The molecule has 10 nitrogen and oxygen atoms in total. The third kappa shape index (κ3) is 11.1. The maximum atomic E-state index is 11.2. The first kappa shape index (κ1) is 29.8. The van der Waals surface area contributed by atoms with Gasteiger partial charge in [0.15, 0.2) is 0 Å². The van der Waals surface area contributed by atoms with Crippen LogP contribution in [0.5, 0.6) is 0 Å². The summed E-state index contributed by atoms with van der Waals surface area (Å²) in [5.41, 5.74) is 7.91. The normalized spacial score (nSPS) is 9.55. The largest absolute Gasteiger partial charge is 0.465 e. The van der Waals surface area contributed by atoms with Crippen molar-refractivity contribution in [2.45, 2.75) is 18.8 Å². The molecular weight excluding hydrogens is 552 g/mol. The average Bonchev–Trinajstić information content (AvgIpc) is 2.98. The van der Waals surface area contributed by atoms with Crippen molar-refractivity contribution < 1.29 is 19.1 Å². The van der Waals surface area contributed by atoms with E-state index in [1.807, 2.05) is 60.7 Å². The molecule has 0 spiro atoms. The van der Waals surface area contributed by atoms with Crippen LogP contribution in [0.1, 0.15) is 39.3 Å². The molecular formula is C27H29BrN6O4. The molecule has 4 aromatic rings. The van der Waals surface area contributed by atoms with Crippen LogP contribution in [0, 0.1) is 0 Å². The zero-order chi connectivity index (χ0) is 27.6. The number of ether oxygens (including phenoxy) is 2. The fraction of sp³-hybridized carbons (Fsp3) is 0.185. The predicted molar refractivity (Wildman–Crippen MR) is 149 cm³/mol. The summed E-state index contributed by atoms with van der Waals surface area (Å²) in [7, 11) is 1.33. The lowest BCUT2D eigenvalue weighted by Gasteiger charge is -2.05. The van der Waals surface area contributed by atoms with Gasteiger partial charge in [-0.2, -0.15) is 0 Å². The third-order valence-electron chi connectivity index (χ3n) is 4.49. The van der Waals surface area contributed by atoms with Crippen LogP contribution in [-0.4, -0.2) is 45.6 Å². The number of carbonyl (C=O) groups is 2. The summed E-state index contributed by atoms with van der Waals surface area (Å²) in [6.45, 7) is 2.62. The van der Waals surface area contributed by atoms with Gasteiger partial charge in [-0.05, 0) is 31.2 Å². The van der Waals surface area contributed by atoms with E-state index in [2.05, 4.69) is 45.9 Å². The molecule has 11 heteroatoms. The Balaban J connectivity index is 0.000000220. The lowest BCUT2D eigenvalue weighted by molar-refractivity contribution is 0.0524. The van der Waals surface area contributed by atoms with E-state index in [4.69, 9.17) is 10.5 Å². The Hall–Kier alpha value is -4.38. The zero-order valence-electron chi connectivity index (χ0n) is 21.1. The Morgan fingerprint density at radius 3 is 1.76 bits per heavy atom. The van der Waals surface area contributed by atoms with Crippen LogP contribution in [-0.2, 0) is 21.3 Å². The fourth-order valence-electron chi connectivity index (χ4n) is 2.60. The molecule has 38 heavy (non-hydrogen) atoms. The second-order valence-corrected chi connectivity index (χ2v) is 7.81. The predicted octanol–water partition coefficient (Wildman–Crippen LogP) is 4.69. The van der Waals surface area contributed by atoms with Gasteiger partial charge in [-0.25, -0.2) is 29.5 Å². The number of hydrogen-bond donors (Lipinski definition) is 2. The van der Waals surface area contributed by atoms with Crippen molar-refractivity contribution in [1.29, 1.82) is 0 Å². The molecule has 2 heterocycles. The molecule has 0 aliphatic heterocycles. The molecule has 0 aliphatic carbocycles. The first-order valence-electron chi connectivity index (χ1n) is 11.5. The molecule has 4 rings (SSSR count). The Kier molecular flexibility index (Phi) is 13.5. The Morgan fingerprint density at radius 1 is 0.816 bits per heavy atom. The molecule has 0 aliphatic rings. The quantitative estimate of drug-likeness (QED) is 0.179. The minimum absolute atomic E-state index is 0.348. The number of carbonyl (C=O) groups excluding carboxylic acids is 2. The summed E-state index contributed by atoms with van der Waals surface area (Å²) >= 11 is 3.21. The van der Waals surface area contributed by atoms with Crippen LogP contribution in [0.2, 0.25) is 0 Å². The number of hydrogen-bond acceptors (Lipinski definition) is 10. The number of nitrogens with two attached hydrogens (primary N) is 1. The van der Waals surface area contributed by atoms with Crippen LogP contribution in [0.4, 0.5) is 11.4 Å². The molecule has 2 aromatic carbocycles. The van der Waals surface area contributed by atoms with Crippen molar-refractivity contribution in [3.63, 3.8) is 0 Å². The number of nitrogens with zero attached hydrogens (tertiary/aromatic N) is 4. The highest BCUT2D eigenvalue weighted by atomic mass is 79.9. The summed E-state index contributed by atoms with van der Waals surface area (Å²) in [5.74, 6) is 0.445. The number of para-hydroxylation sites is 2. The van der Waals surface area contributed by atoms with Gasteiger partial charge in [0.2, 0.25) is 0 Å². The SMILES string of the molecule is CCOC(=O)c1cnc(CBr)nc1.COC(=O)c1cnc(CNc2ccccc2)nc1.Nc1ccccc1. The van der Waals surface area contributed by atoms with Crippen molar-refractivity contribution in [2.24, 2.45) is 0 Å². The van der Waals surface area contributed by atoms with Gasteiger partial charge in [0.1, 0.15) is 11.6 Å². The van der Waals surface area contributed by atoms with Gasteiger partial charge in [0.05, 0.1) is 36.7 Å². The van der Waals surface area contributed by atoms with Gasteiger partial charge in [-0.1, -0.05) is 52.3 Å². The fourth-order valence-corrected chi connectivity index (χ4v) is 2.89. The summed E-state index contributed by atoms with van der Waals surface area (Å²) in [6.07, 6.45) is 5.84. The minimum atomic E-state index is -0.433. The number of alkyl halides is 1. The highest BCUT2D eigenvalue weighted by molar-refractivity contribution is 9.08. The molecule has 0 radical (unpaired) electrons. The second-order valence-electron chi connectivity index (χ2n) is 7.25. The van der Waals surface area contributed by atoms with Gasteiger partial charge in [-0.15, -0.1) is 0 Å². The highest BCUT2D eigenvalue weighted by Gasteiger charge is 2.07. The second kappa shape index (κ2) is 17.1. The van der Waals surface area contributed by atoms with Crippen LogP contribution in [0.25, 0.3) is 0 Å². The van der Waals surface area contributed by atoms with Crippen molar-refractivity contribution >= 4 is 39.2 Å². The maximum Gasteiger partial charge on any atom is 0.341 e. The first-order chi connectivity index (χ1) is 18.5. The number of methoxy groups -OCH3 is 1. The van der Waals surface area contributed by atoms with E-state index >= 15 is 0 Å². The van der Waals surface area contributed by atoms with Gasteiger partial charge < -0.3 is 20.5 Å². The maximum absolute atomic E-state index is 11.2. The molecule has 0 saturated heterocycles. The van der Waals surface area contributed by atoms with Gasteiger partial charge in [0, 0.05) is 36.2 Å². The number of benzene rings is 2. The van der Waals surface area contributed by atoms with E-state index in [1.54, 1.807) is 6.92 Å². The Bertz CT molecular complexity index is 1230. The smallest absolute Gasteiger partial charge is 0.341 e. The van der Waals surface area contributed by atoms with Crippen LogP contribution in [0.15, 0.2) is 85.5 Å². The molecule has 0 bridgehead atoms. The minimum Gasteiger partial charge on any atom is -0.465 e. The lowest BCUT2D eigenvalue weighted by Crippen LogP contribution is -2.07. The number of anilines is 2. The van der Waals surface area contributed by atoms with Crippen LogP contribution < -0.4 is 11.1 Å². The van der Waals surface area contributed by atoms with E-state index in [0.717, 1.165) is 11.4 Å². The summed E-state index contributed by atoms with van der Waals surface area (Å²) in [5, 5.41) is 3.76. The molecule has 0 amide bonds. The van der Waals surface area contributed by atoms with Crippen molar-refractivity contribution in [3.8, 4) is 0 Å². The molecule has 0 fully saturated rings. The Labute approximate surface area is 229 Å². The third-order valence-corrected chi connectivity index (χ3v) is 4.99. The van der Waals surface area contributed by atoms with E-state index in [-0.39, 0.29) is 5.97 Å². The number of halogens is 1. The molecule has 198 valence electrons. The number of rotatable bonds is 7. The number of aromatic nitrogens is 4.